The van der Waals surface area contributed by atoms with E-state index in [1.807, 2.05) is 6.92 Å². The maximum absolute atomic E-state index is 12.5. The van der Waals surface area contributed by atoms with E-state index < -0.39 is 32.3 Å². The molecule has 160 valence electrons. The molecule has 0 heterocycles. The molecule has 0 rings (SSSR count). The summed E-state index contributed by atoms with van der Waals surface area (Å²) in [6, 6.07) is 0. The zero-order valence-electron chi connectivity index (χ0n) is 16.5. The minimum absolute atomic E-state index is 0.0212. The highest BCUT2D eigenvalue weighted by Gasteiger charge is 2.36. The molecule has 0 N–H and O–H groups in total. The predicted octanol–water partition coefficient (Wildman–Crippen LogP) is 2.10. The van der Waals surface area contributed by atoms with Crippen LogP contribution in [0.2, 0.25) is 0 Å². The van der Waals surface area contributed by atoms with Gasteiger partial charge in [0.15, 0.2) is 6.10 Å². The van der Waals surface area contributed by atoms with Crippen LogP contribution in [0.4, 0.5) is 0 Å². The summed E-state index contributed by atoms with van der Waals surface area (Å²) >= 11 is 0. The molecule has 0 aliphatic rings. The van der Waals surface area contributed by atoms with Crippen molar-refractivity contribution in [1.82, 2.24) is 0 Å². The van der Waals surface area contributed by atoms with Crippen molar-refractivity contribution in [1.29, 1.82) is 0 Å². The lowest BCUT2D eigenvalue weighted by Gasteiger charge is -2.22. The van der Waals surface area contributed by atoms with Crippen molar-refractivity contribution in [2.45, 2.75) is 40.2 Å². The van der Waals surface area contributed by atoms with Crippen LogP contribution in [0, 0.1) is 0 Å². The van der Waals surface area contributed by atoms with Crippen LogP contribution in [0.25, 0.3) is 0 Å². The molecule has 0 aromatic heterocycles. The highest BCUT2D eigenvalue weighted by atomic mass is 31.2. The number of esters is 2. The monoisotopic (exact) mass is 414 g/mol. The molecule has 0 saturated carbocycles. The summed E-state index contributed by atoms with van der Waals surface area (Å²) in [6.45, 7) is 8.19. The summed E-state index contributed by atoms with van der Waals surface area (Å²) in [4.78, 5) is 24.2. The number of carbonyl (C=O) groups excluding carboxylic acids is 2. The second kappa shape index (κ2) is 16.0. The molecule has 11 heteroatoms. The highest BCUT2D eigenvalue weighted by molar-refractivity contribution is 7.48. The third-order valence-corrected chi connectivity index (χ3v) is 4.48. The van der Waals surface area contributed by atoms with Gasteiger partial charge in [0.1, 0.15) is 13.2 Å². The van der Waals surface area contributed by atoms with Gasteiger partial charge in [0.25, 0.3) is 0 Å². The third-order valence-electron chi connectivity index (χ3n) is 2.82. The largest absolute Gasteiger partial charge is 0.475 e. The van der Waals surface area contributed by atoms with Gasteiger partial charge in [-0.25, -0.2) is 9.36 Å². The van der Waals surface area contributed by atoms with E-state index in [9.17, 15) is 14.2 Å². The van der Waals surface area contributed by atoms with Crippen LogP contribution in [0.15, 0.2) is 0 Å². The molecule has 1 unspecified atom stereocenters. The zero-order chi connectivity index (χ0) is 20.5. The van der Waals surface area contributed by atoms with Crippen LogP contribution in [0.1, 0.15) is 34.1 Å². The molecule has 1 atom stereocenters. The van der Waals surface area contributed by atoms with E-state index in [0.29, 0.717) is 13.2 Å². The standard InChI is InChI=1S/C16H31O10P/c1-5-20-9-11-22-15(17)13-14(16(18)23-12-10-21-6-2)26-27(19,24-7-3)25-8-4/h14H,5-13H2,1-4H3. The summed E-state index contributed by atoms with van der Waals surface area (Å²) < 4.78 is 47.8. The van der Waals surface area contributed by atoms with E-state index in [2.05, 4.69) is 0 Å². The summed E-state index contributed by atoms with van der Waals surface area (Å²) in [6.07, 6.45) is -2.01. The van der Waals surface area contributed by atoms with Gasteiger partial charge in [-0.2, -0.15) is 0 Å². The van der Waals surface area contributed by atoms with E-state index in [1.54, 1.807) is 20.8 Å². The maximum Gasteiger partial charge on any atom is 0.475 e. The number of phosphoric ester groups is 1. The Morgan fingerprint density at radius 3 is 1.78 bits per heavy atom. The molecule has 0 amide bonds. The molecule has 0 spiro atoms. The first-order valence-corrected chi connectivity index (χ1v) is 10.4. The van der Waals surface area contributed by atoms with Crippen molar-refractivity contribution in [2.24, 2.45) is 0 Å². The van der Waals surface area contributed by atoms with Gasteiger partial charge in [-0.3, -0.25) is 18.4 Å². The second-order valence-electron chi connectivity index (χ2n) is 4.86. The first-order chi connectivity index (χ1) is 12.9. The summed E-state index contributed by atoms with van der Waals surface area (Å²) in [5, 5.41) is 0. The molecule has 0 fully saturated rings. The minimum atomic E-state index is -4.03. The van der Waals surface area contributed by atoms with E-state index in [1.165, 1.54) is 0 Å². The molecular formula is C16H31O10P. The molecule has 0 radical (unpaired) electrons. The number of phosphoric acid groups is 1. The van der Waals surface area contributed by atoms with Crippen molar-refractivity contribution >= 4 is 19.8 Å². The summed E-state index contributed by atoms with van der Waals surface area (Å²) in [5.41, 5.74) is 0. The Kier molecular flexibility index (Phi) is 15.4. The van der Waals surface area contributed by atoms with Gasteiger partial charge in [0.05, 0.1) is 32.8 Å². The van der Waals surface area contributed by atoms with Crippen LogP contribution < -0.4 is 0 Å². The molecule has 27 heavy (non-hydrogen) atoms. The Hall–Kier alpha value is -1.03. The fraction of sp³-hybridized carbons (Fsp3) is 0.875. The number of carbonyl (C=O) groups is 2. The molecule has 0 aliphatic carbocycles. The number of hydrogen-bond acceptors (Lipinski definition) is 10. The topological polar surface area (TPSA) is 116 Å². The highest BCUT2D eigenvalue weighted by Crippen LogP contribution is 2.50. The van der Waals surface area contributed by atoms with Gasteiger partial charge in [-0.05, 0) is 27.7 Å². The smallest absolute Gasteiger partial charge is 0.463 e. The number of hydrogen-bond donors (Lipinski definition) is 0. The van der Waals surface area contributed by atoms with E-state index in [0.717, 1.165) is 0 Å². The molecule has 10 nitrogen and oxygen atoms in total. The quantitative estimate of drug-likeness (QED) is 0.199. The van der Waals surface area contributed by atoms with Gasteiger partial charge in [0.2, 0.25) is 0 Å². The van der Waals surface area contributed by atoms with Gasteiger partial charge in [-0.15, -0.1) is 0 Å². The normalized spacial score (nSPS) is 12.6. The van der Waals surface area contributed by atoms with Crippen molar-refractivity contribution in [3.8, 4) is 0 Å². The average Bonchev–Trinajstić information content (AvgIpc) is 2.62. The molecule has 0 saturated heterocycles. The van der Waals surface area contributed by atoms with E-state index in [4.69, 9.17) is 32.5 Å². The van der Waals surface area contributed by atoms with Gasteiger partial charge < -0.3 is 18.9 Å². The van der Waals surface area contributed by atoms with Crippen molar-refractivity contribution in [3.63, 3.8) is 0 Å². The summed E-state index contributed by atoms with van der Waals surface area (Å²) in [7, 11) is -4.03. The molecule has 0 aliphatic heterocycles. The van der Waals surface area contributed by atoms with Crippen molar-refractivity contribution in [3.05, 3.63) is 0 Å². The SMILES string of the molecule is CCOCCOC(=O)CC(OP(=O)(OCC)OCC)C(=O)OCCOCC. The van der Waals surface area contributed by atoms with Gasteiger partial charge in [-0.1, -0.05) is 0 Å². The van der Waals surface area contributed by atoms with Gasteiger partial charge in [0, 0.05) is 13.2 Å². The summed E-state index contributed by atoms with van der Waals surface area (Å²) in [5.74, 6) is -1.63. The Morgan fingerprint density at radius 1 is 0.778 bits per heavy atom. The lowest BCUT2D eigenvalue weighted by molar-refractivity contribution is -0.161. The van der Waals surface area contributed by atoms with Crippen LogP contribution in [-0.2, 0) is 46.7 Å². The van der Waals surface area contributed by atoms with Crippen LogP contribution in [0.5, 0.6) is 0 Å². The molecule has 0 aromatic carbocycles. The van der Waals surface area contributed by atoms with Crippen LogP contribution >= 0.6 is 7.82 Å². The predicted molar refractivity (Wildman–Crippen MR) is 95.3 cm³/mol. The Balaban J connectivity index is 4.88. The molecule has 0 bridgehead atoms. The van der Waals surface area contributed by atoms with Crippen molar-refractivity contribution in [2.75, 3.05) is 52.9 Å². The van der Waals surface area contributed by atoms with Crippen molar-refractivity contribution < 1.29 is 46.7 Å². The zero-order valence-corrected chi connectivity index (χ0v) is 17.4. The first-order valence-electron chi connectivity index (χ1n) is 8.97. The Morgan fingerprint density at radius 2 is 1.30 bits per heavy atom. The fourth-order valence-corrected chi connectivity index (χ4v) is 3.04. The van der Waals surface area contributed by atoms with Gasteiger partial charge >= 0.3 is 19.8 Å². The third kappa shape index (κ3) is 12.9. The Bertz CT molecular complexity index is 446. The maximum atomic E-state index is 12.5. The van der Waals surface area contributed by atoms with E-state index >= 15 is 0 Å². The fourth-order valence-electron chi connectivity index (χ4n) is 1.74. The number of rotatable bonds is 17. The lowest BCUT2D eigenvalue weighted by atomic mass is 10.2. The Labute approximate surface area is 160 Å². The first kappa shape index (κ1) is 26.0. The number of ether oxygens (including phenoxy) is 4. The average molecular weight is 414 g/mol. The minimum Gasteiger partial charge on any atom is -0.463 e. The van der Waals surface area contributed by atoms with Crippen LogP contribution in [0.3, 0.4) is 0 Å². The molecule has 0 aromatic rings. The lowest BCUT2D eigenvalue weighted by Crippen LogP contribution is -2.31. The van der Waals surface area contributed by atoms with Crippen LogP contribution in [-0.4, -0.2) is 70.9 Å². The van der Waals surface area contributed by atoms with E-state index in [-0.39, 0.29) is 39.6 Å². The molecular weight excluding hydrogens is 383 g/mol. The second-order valence-corrected chi connectivity index (χ2v) is 6.48.